The molecule has 0 aliphatic carbocycles. The maximum absolute atomic E-state index is 9.63. The molecule has 0 spiro atoms. The number of nitriles is 1. The van der Waals surface area contributed by atoms with Crippen LogP contribution < -0.4 is 4.74 Å². The standard InChI is InChI=1S/C16H11Cl2NO/c17-11-15(18)16(12-19,13-7-3-1-4-8-13)20-14-9-5-2-6-10-14/h1-11H/b15-11+. The van der Waals surface area contributed by atoms with E-state index >= 15 is 0 Å². The van der Waals surface area contributed by atoms with Crippen LogP contribution in [-0.4, -0.2) is 0 Å². The average Bonchev–Trinajstić information content (AvgIpc) is 2.53. The van der Waals surface area contributed by atoms with Crippen molar-refractivity contribution in [3.05, 3.63) is 76.8 Å². The van der Waals surface area contributed by atoms with Gasteiger partial charge in [-0.3, -0.25) is 0 Å². The number of hydrogen-bond acceptors (Lipinski definition) is 2. The van der Waals surface area contributed by atoms with E-state index in [1.807, 2.05) is 36.4 Å². The van der Waals surface area contributed by atoms with Crippen LogP contribution in [0.25, 0.3) is 0 Å². The molecule has 0 aromatic heterocycles. The van der Waals surface area contributed by atoms with Crippen molar-refractivity contribution in [2.45, 2.75) is 5.60 Å². The van der Waals surface area contributed by atoms with E-state index in [2.05, 4.69) is 6.07 Å². The molecule has 2 nitrogen and oxygen atoms in total. The molecule has 2 aromatic rings. The Morgan fingerprint density at radius 2 is 1.60 bits per heavy atom. The Morgan fingerprint density at radius 3 is 2.10 bits per heavy atom. The summed E-state index contributed by atoms with van der Waals surface area (Å²) in [5.74, 6) is 0.537. The molecular weight excluding hydrogens is 293 g/mol. The Balaban J connectivity index is 2.53. The molecule has 0 radical (unpaired) electrons. The lowest BCUT2D eigenvalue weighted by atomic mass is 9.95. The van der Waals surface area contributed by atoms with Crippen LogP contribution in [0, 0.1) is 11.3 Å². The molecule has 20 heavy (non-hydrogen) atoms. The predicted molar refractivity (Wildman–Crippen MR) is 80.6 cm³/mol. The minimum absolute atomic E-state index is 0.108. The summed E-state index contributed by atoms with van der Waals surface area (Å²) in [7, 11) is 0. The molecule has 0 aliphatic heterocycles. The van der Waals surface area contributed by atoms with E-state index in [0.717, 1.165) is 5.54 Å². The first-order valence-electron chi connectivity index (χ1n) is 5.90. The van der Waals surface area contributed by atoms with Crippen LogP contribution in [0.15, 0.2) is 71.2 Å². The van der Waals surface area contributed by atoms with E-state index in [1.54, 1.807) is 24.3 Å². The van der Waals surface area contributed by atoms with E-state index in [4.69, 9.17) is 27.9 Å². The van der Waals surface area contributed by atoms with Crippen molar-refractivity contribution >= 4 is 23.2 Å². The normalized spacial score (nSPS) is 14.2. The van der Waals surface area contributed by atoms with Gasteiger partial charge in [0.1, 0.15) is 11.8 Å². The highest BCUT2D eigenvalue weighted by atomic mass is 35.5. The molecule has 0 aliphatic rings. The monoisotopic (exact) mass is 303 g/mol. The van der Waals surface area contributed by atoms with Crippen LogP contribution in [0.2, 0.25) is 0 Å². The number of benzene rings is 2. The lowest BCUT2D eigenvalue weighted by Crippen LogP contribution is -2.32. The van der Waals surface area contributed by atoms with Crippen molar-refractivity contribution in [1.29, 1.82) is 5.26 Å². The molecule has 0 heterocycles. The number of rotatable bonds is 4. The van der Waals surface area contributed by atoms with E-state index in [0.29, 0.717) is 11.3 Å². The van der Waals surface area contributed by atoms with E-state index < -0.39 is 5.60 Å². The Bertz CT molecular complexity index is 635. The maximum atomic E-state index is 9.63. The first-order chi connectivity index (χ1) is 9.73. The van der Waals surface area contributed by atoms with Crippen LogP contribution in [0.1, 0.15) is 5.56 Å². The Hall–Kier alpha value is -1.95. The summed E-state index contributed by atoms with van der Waals surface area (Å²) in [5, 5.41) is 9.74. The van der Waals surface area contributed by atoms with Gasteiger partial charge < -0.3 is 4.74 Å². The average molecular weight is 304 g/mol. The SMILES string of the molecule is N#CC(Oc1ccccc1)(/C(Cl)=C\Cl)c1ccccc1. The van der Waals surface area contributed by atoms with Gasteiger partial charge in [0.2, 0.25) is 0 Å². The third kappa shape index (κ3) is 2.80. The summed E-state index contributed by atoms with van der Waals surface area (Å²) in [6, 6.07) is 20.2. The van der Waals surface area contributed by atoms with Gasteiger partial charge in [-0.25, -0.2) is 0 Å². The molecule has 1 atom stereocenters. The van der Waals surface area contributed by atoms with Gasteiger partial charge >= 0.3 is 0 Å². The van der Waals surface area contributed by atoms with Gasteiger partial charge in [-0.1, -0.05) is 71.7 Å². The number of ether oxygens (including phenoxy) is 1. The fourth-order valence-electron chi connectivity index (χ4n) is 1.80. The van der Waals surface area contributed by atoms with E-state index in [-0.39, 0.29) is 5.03 Å². The Kier molecular flexibility index (Phi) is 4.68. The van der Waals surface area contributed by atoms with Crippen molar-refractivity contribution in [3.63, 3.8) is 0 Å². The molecule has 2 rings (SSSR count). The predicted octanol–water partition coefficient (Wildman–Crippen LogP) is 4.80. The molecule has 0 saturated carbocycles. The first-order valence-corrected chi connectivity index (χ1v) is 6.71. The highest BCUT2D eigenvalue weighted by Crippen LogP contribution is 2.37. The van der Waals surface area contributed by atoms with Crippen molar-refractivity contribution in [2.75, 3.05) is 0 Å². The summed E-state index contributed by atoms with van der Waals surface area (Å²) in [6.45, 7) is 0. The highest BCUT2D eigenvalue weighted by molar-refractivity contribution is 6.37. The fourth-order valence-corrected chi connectivity index (χ4v) is 2.14. The molecular formula is C16H11Cl2NO. The van der Waals surface area contributed by atoms with E-state index in [9.17, 15) is 5.26 Å². The molecule has 0 amide bonds. The van der Waals surface area contributed by atoms with Crippen LogP contribution in [-0.2, 0) is 5.60 Å². The summed E-state index contributed by atoms with van der Waals surface area (Å²) >= 11 is 11.9. The molecule has 0 N–H and O–H groups in total. The Labute approximate surface area is 127 Å². The summed E-state index contributed by atoms with van der Waals surface area (Å²) < 4.78 is 5.84. The second kappa shape index (κ2) is 6.47. The summed E-state index contributed by atoms with van der Waals surface area (Å²) in [5.41, 5.74) is 0.320. The second-order valence-corrected chi connectivity index (χ2v) is 4.66. The van der Waals surface area contributed by atoms with Crippen molar-refractivity contribution in [2.24, 2.45) is 0 Å². The molecule has 0 fully saturated rings. The number of para-hydroxylation sites is 1. The molecule has 4 heteroatoms. The molecule has 0 saturated heterocycles. The van der Waals surface area contributed by atoms with Crippen LogP contribution >= 0.6 is 23.2 Å². The van der Waals surface area contributed by atoms with Gasteiger partial charge in [0.25, 0.3) is 5.60 Å². The van der Waals surface area contributed by atoms with Gasteiger partial charge in [0.15, 0.2) is 0 Å². The zero-order valence-corrected chi connectivity index (χ0v) is 12.0. The third-order valence-electron chi connectivity index (χ3n) is 2.78. The number of nitrogens with zero attached hydrogens (tertiary/aromatic N) is 1. The topological polar surface area (TPSA) is 33.0 Å². The minimum atomic E-state index is -1.45. The van der Waals surface area contributed by atoms with Gasteiger partial charge in [-0.2, -0.15) is 5.26 Å². The van der Waals surface area contributed by atoms with Gasteiger partial charge in [0.05, 0.1) is 5.03 Å². The number of halogens is 2. The minimum Gasteiger partial charge on any atom is -0.463 e. The fraction of sp³-hybridized carbons (Fsp3) is 0.0625. The molecule has 2 aromatic carbocycles. The lowest BCUT2D eigenvalue weighted by Gasteiger charge is -2.27. The molecule has 0 bridgehead atoms. The van der Waals surface area contributed by atoms with Crippen molar-refractivity contribution in [1.82, 2.24) is 0 Å². The smallest absolute Gasteiger partial charge is 0.256 e. The van der Waals surface area contributed by atoms with Crippen LogP contribution in [0.3, 0.4) is 0 Å². The zero-order valence-electron chi connectivity index (χ0n) is 10.5. The van der Waals surface area contributed by atoms with E-state index in [1.165, 1.54) is 0 Å². The van der Waals surface area contributed by atoms with Crippen molar-refractivity contribution < 1.29 is 4.74 Å². The van der Waals surface area contributed by atoms with Crippen LogP contribution in [0.4, 0.5) is 0 Å². The van der Waals surface area contributed by atoms with Gasteiger partial charge in [-0.15, -0.1) is 0 Å². The Morgan fingerprint density at radius 1 is 1.05 bits per heavy atom. The first kappa shape index (κ1) is 14.5. The quantitative estimate of drug-likeness (QED) is 0.812. The summed E-state index contributed by atoms with van der Waals surface area (Å²) in [4.78, 5) is 0. The number of hydrogen-bond donors (Lipinski definition) is 0. The van der Waals surface area contributed by atoms with Crippen LogP contribution in [0.5, 0.6) is 5.75 Å². The zero-order chi connectivity index (χ0) is 14.4. The lowest BCUT2D eigenvalue weighted by molar-refractivity contribution is 0.176. The second-order valence-electron chi connectivity index (χ2n) is 4.03. The third-order valence-corrected chi connectivity index (χ3v) is 3.49. The maximum Gasteiger partial charge on any atom is 0.256 e. The highest BCUT2D eigenvalue weighted by Gasteiger charge is 2.38. The summed E-state index contributed by atoms with van der Waals surface area (Å²) in [6.07, 6.45) is 0. The molecule has 100 valence electrons. The largest absolute Gasteiger partial charge is 0.463 e. The van der Waals surface area contributed by atoms with Crippen molar-refractivity contribution in [3.8, 4) is 11.8 Å². The molecule has 1 unspecified atom stereocenters. The van der Waals surface area contributed by atoms with Gasteiger partial charge in [-0.05, 0) is 12.1 Å². The van der Waals surface area contributed by atoms with Gasteiger partial charge in [0, 0.05) is 11.1 Å².